The first-order chi connectivity index (χ1) is 7.49. The molecule has 16 heavy (non-hydrogen) atoms. The van der Waals surface area contributed by atoms with Crippen molar-refractivity contribution in [3.63, 3.8) is 0 Å². The molecule has 1 aliphatic heterocycles. The number of rotatable bonds is 4. The molecule has 0 radical (unpaired) electrons. The van der Waals surface area contributed by atoms with Crippen molar-refractivity contribution in [2.24, 2.45) is 5.92 Å². The highest BCUT2D eigenvalue weighted by Crippen LogP contribution is 2.28. The first-order valence-electron chi connectivity index (χ1n) is 5.34. The molecule has 1 heterocycles. The zero-order chi connectivity index (χ0) is 12.3. The molecule has 0 saturated heterocycles. The molecule has 4 nitrogen and oxygen atoms in total. The Balaban J connectivity index is 2.89. The van der Waals surface area contributed by atoms with Gasteiger partial charge in [0, 0.05) is 6.20 Å². The summed E-state index contributed by atoms with van der Waals surface area (Å²) in [7, 11) is 0. The summed E-state index contributed by atoms with van der Waals surface area (Å²) in [5.74, 6) is -1.15. The number of hydrogen-bond acceptors (Lipinski definition) is 4. The fraction of sp³-hybridized carbons (Fsp3) is 0.636. The third kappa shape index (κ3) is 2.58. The monoisotopic (exact) mass is 242 g/mol. The van der Waals surface area contributed by atoms with Gasteiger partial charge in [-0.1, -0.05) is 20.8 Å². The molecule has 0 aliphatic carbocycles. The molecule has 0 aromatic carbocycles. The first-order valence-corrected chi connectivity index (χ1v) is 6.28. The molecule has 0 N–H and O–H groups in total. The fourth-order valence-electron chi connectivity index (χ4n) is 1.64. The van der Waals surface area contributed by atoms with Crippen molar-refractivity contribution in [1.82, 2.24) is 4.90 Å². The molecule has 0 saturated carbocycles. The van der Waals surface area contributed by atoms with Gasteiger partial charge in [-0.05, 0) is 17.7 Å². The standard InChI is InChI=1S/C11H17NO3S/c1-4-8(11(14)15)12-5-6-16-9(7(2)3)10(12)13/h5-9H,4H2,1-3H3,(H,14,15)/p-1. The molecule has 5 heteroatoms. The van der Waals surface area contributed by atoms with Crippen LogP contribution in [0.15, 0.2) is 11.6 Å². The lowest BCUT2D eigenvalue weighted by atomic mass is 10.1. The Morgan fingerprint density at radius 1 is 1.62 bits per heavy atom. The zero-order valence-corrected chi connectivity index (χ0v) is 10.5. The second kappa shape index (κ2) is 5.39. The lowest BCUT2D eigenvalue weighted by molar-refractivity contribution is -0.310. The number of carbonyl (C=O) groups excluding carboxylic acids is 2. The van der Waals surface area contributed by atoms with E-state index in [4.69, 9.17) is 0 Å². The number of thioether (sulfide) groups is 1. The third-order valence-corrected chi connectivity index (χ3v) is 3.86. The Hall–Kier alpha value is -0.970. The highest BCUT2D eigenvalue weighted by atomic mass is 32.2. The number of nitrogens with zero attached hydrogens (tertiary/aromatic N) is 1. The van der Waals surface area contributed by atoms with Crippen molar-refractivity contribution in [3.05, 3.63) is 11.6 Å². The van der Waals surface area contributed by atoms with Gasteiger partial charge in [0.25, 0.3) is 0 Å². The zero-order valence-electron chi connectivity index (χ0n) is 9.67. The Bertz CT molecular complexity index is 314. The number of carbonyl (C=O) groups is 2. The molecule has 1 amide bonds. The molecule has 0 bridgehead atoms. The molecule has 0 aromatic rings. The minimum Gasteiger partial charge on any atom is -0.548 e. The lowest BCUT2D eigenvalue weighted by Gasteiger charge is -2.35. The molecule has 0 aromatic heterocycles. The summed E-state index contributed by atoms with van der Waals surface area (Å²) in [4.78, 5) is 24.2. The van der Waals surface area contributed by atoms with Crippen LogP contribution in [0.3, 0.4) is 0 Å². The van der Waals surface area contributed by atoms with E-state index in [-0.39, 0.29) is 17.1 Å². The van der Waals surface area contributed by atoms with Crippen molar-refractivity contribution in [3.8, 4) is 0 Å². The smallest absolute Gasteiger partial charge is 0.240 e. The summed E-state index contributed by atoms with van der Waals surface area (Å²) in [5.41, 5.74) is 0. The van der Waals surface area contributed by atoms with Crippen LogP contribution in [-0.2, 0) is 9.59 Å². The molecule has 0 fully saturated rings. The van der Waals surface area contributed by atoms with Crippen molar-refractivity contribution >= 4 is 23.6 Å². The van der Waals surface area contributed by atoms with Crippen LogP contribution in [-0.4, -0.2) is 28.1 Å². The van der Waals surface area contributed by atoms with E-state index in [9.17, 15) is 14.7 Å². The number of aliphatic carboxylic acids is 1. The van der Waals surface area contributed by atoms with Crippen LogP contribution in [0.5, 0.6) is 0 Å². The maximum atomic E-state index is 12.0. The SMILES string of the molecule is CCC(C(=O)[O-])N1C=CSC(C(C)C)C1=O. The van der Waals surface area contributed by atoms with Crippen molar-refractivity contribution < 1.29 is 14.7 Å². The van der Waals surface area contributed by atoms with Gasteiger partial charge in [-0.25, -0.2) is 0 Å². The minimum atomic E-state index is -1.20. The Kier molecular flexibility index (Phi) is 4.41. The van der Waals surface area contributed by atoms with Gasteiger partial charge in [0.05, 0.1) is 17.3 Å². The van der Waals surface area contributed by atoms with Crippen molar-refractivity contribution in [2.75, 3.05) is 0 Å². The molecule has 90 valence electrons. The van der Waals surface area contributed by atoms with E-state index in [2.05, 4.69) is 0 Å². The quantitative estimate of drug-likeness (QED) is 0.723. The van der Waals surface area contributed by atoms with Gasteiger partial charge in [-0.15, -0.1) is 11.8 Å². The summed E-state index contributed by atoms with van der Waals surface area (Å²) in [6, 6.07) is -0.856. The van der Waals surface area contributed by atoms with Crippen LogP contribution in [0.25, 0.3) is 0 Å². The van der Waals surface area contributed by atoms with E-state index in [0.29, 0.717) is 6.42 Å². The first kappa shape index (κ1) is 13.1. The fourth-order valence-corrected chi connectivity index (χ4v) is 2.56. The highest BCUT2D eigenvalue weighted by molar-refractivity contribution is 8.03. The van der Waals surface area contributed by atoms with Crippen LogP contribution < -0.4 is 5.11 Å². The summed E-state index contributed by atoms with van der Waals surface area (Å²) in [6.45, 7) is 5.63. The van der Waals surface area contributed by atoms with Crippen LogP contribution in [0, 0.1) is 5.92 Å². The van der Waals surface area contributed by atoms with Gasteiger partial charge in [0.1, 0.15) is 0 Å². The molecule has 1 aliphatic rings. The summed E-state index contributed by atoms with van der Waals surface area (Å²) in [5, 5.41) is 12.5. The normalized spacial score (nSPS) is 22.6. The topological polar surface area (TPSA) is 60.4 Å². The van der Waals surface area contributed by atoms with Gasteiger partial charge in [-0.2, -0.15) is 0 Å². The van der Waals surface area contributed by atoms with E-state index in [1.165, 1.54) is 22.9 Å². The number of carboxylic acids is 1. The van der Waals surface area contributed by atoms with Crippen LogP contribution in [0.4, 0.5) is 0 Å². The molecule has 1 rings (SSSR count). The van der Waals surface area contributed by atoms with Gasteiger partial charge < -0.3 is 14.8 Å². The molecule has 2 unspecified atom stereocenters. The maximum Gasteiger partial charge on any atom is 0.240 e. The van der Waals surface area contributed by atoms with Crippen molar-refractivity contribution in [2.45, 2.75) is 38.5 Å². The van der Waals surface area contributed by atoms with Crippen LogP contribution in [0.1, 0.15) is 27.2 Å². The maximum absolute atomic E-state index is 12.0. The second-order valence-electron chi connectivity index (χ2n) is 4.07. The summed E-state index contributed by atoms with van der Waals surface area (Å²) in [6.07, 6.45) is 1.89. The number of hydrogen-bond donors (Lipinski definition) is 0. The molecular formula is C11H16NO3S-. The largest absolute Gasteiger partial charge is 0.548 e. The van der Waals surface area contributed by atoms with Gasteiger partial charge >= 0.3 is 0 Å². The lowest BCUT2D eigenvalue weighted by Crippen LogP contribution is -2.51. The third-order valence-electron chi connectivity index (χ3n) is 2.54. The van der Waals surface area contributed by atoms with Gasteiger partial charge in [-0.3, -0.25) is 4.79 Å². The minimum absolute atomic E-state index is 0.140. The predicted octanol–water partition coefficient (Wildman–Crippen LogP) is 0.586. The van der Waals surface area contributed by atoms with E-state index in [0.717, 1.165) is 0 Å². The Labute approximate surface area is 99.7 Å². The van der Waals surface area contributed by atoms with E-state index < -0.39 is 12.0 Å². The number of carboxylic acid groups (broad SMARTS) is 1. The Morgan fingerprint density at radius 2 is 2.25 bits per heavy atom. The highest BCUT2D eigenvalue weighted by Gasteiger charge is 2.32. The predicted molar refractivity (Wildman–Crippen MR) is 61.3 cm³/mol. The Morgan fingerprint density at radius 3 is 2.69 bits per heavy atom. The number of amides is 1. The molecular weight excluding hydrogens is 226 g/mol. The van der Waals surface area contributed by atoms with E-state index in [1.807, 2.05) is 13.8 Å². The van der Waals surface area contributed by atoms with Crippen molar-refractivity contribution in [1.29, 1.82) is 0 Å². The van der Waals surface area contributed by atoms with Crippen LogP contribution in [0.2, 0.25) is 0 Å². The van der Waals surface area contributed by atoms with Gasteiger partial charge in [0.15, 0.2) is 0 Å². The van der Waals surface area contributed by atoms with E-state index in [1.54, 1.807) is 12.3 Å². The summed E-state index contributed by atoms with van der Waals surface area (Å²) >= 11 is 1.44. The van der Waals surface area contributed by atoms with Crippen LogP contribution >= 0.6 is 11.8 Å². The second-order valence-corrected chi connectivity index (χ2v) is 5.13. The average molecular weight is 242 g/mol. The average Bonchev–Trinajstić information content (AvgIpc) is 2.20. The van der Waals surface area contributed by atoms with Gasteiger partial charge in [0.2, 0.25) is 5.91 Å². The molecule has 0 spiro atoms. The van der Waals surface area contributed by atoms with E-state index >= 15 is 0 Å². The molecule has 2 atom stereocenters. The summed E-state index contributed by atoms with van der Waals surface area (Å²) < 4.78 is 0.